The Morgan fingerprint density at radius 2 is 1.86 bits per heavy atom. The number of benzene rings is 2. The van der Waals surface area contributed by atoms with Gasteiger partial charge in [-0.05, 0) is 36.8 Å². The highest BCUT2D eigenvalue weighted by Crippen LogP contribution is 2.33. The zero-order chi connectivity index (χ0) is 15.6. The summed E-state index contributed by atoms with van der Waals surface area (Å²) in [6, 6.07) is 6.45. The van der Waals surface area contributed by atoms with Crippen LogP contribution in [0.1, 0.15) is 18.6 Å². The molecule has 0 heterocycles. The summed E-state index contributed by atoms with van der Waals surface area (Å²) in [6.07, 6.45) is -0.853. The van der Waals surface area contributed by atoms with Gasteiger partial charge in [0.15, 0.2) is 11.6 Å². The minimum absolute atomic E-state index is 0.255. The number of nitro groups is 1. The molecule has 0 fully saturated rings. The first-order chi connectivity index (χ1) is 9.88. The maximum Gasteiger partial charge on any atom is 0.314 e. The zero-order valence-electron chi connectivity index (χ0n) is 10.9. The number of nitrogens with zero attached hydrogens (tertiary/aromatic N) is 1. The second kappa shape index (κ2) is 5.84. The summed E-state index contributed by atoms with van der Waals surface area (Å²) in [5.41, 5.74) is -0.262. The summed E-state index contributed by atoms with van der Waals surface area (Å²) in [7, 11) is 0. The van der Waals surface area contributed by atoms with Crippen molar-refractivity contribution in [3.63, 3.8) is 0 Å². The van der Waals surface area contributed by atoms with Gasteiger partial charge in [-0.25, -0.2) is 8.78 Å². The Bertz CT molecular complexity index is 689. The van der Waals surface area contributed by atoms with Crippen LogP contribution in [-0.2, 0) is 0 Å². The lowest BCUT2D eigenvalue weighted by Crippen LogP contribution is -1.97. The lowest BCUT2D eigenvalue weighted by Gasteiger charge is -2.10. The number of hydrogen-bond donors (Lipinski definition) is 1. The molecule has 110 valence electrons. The average molecular weight is 295 g/mol. The molecule has 0 unspecified atom stereocenters. The lowest BCUT2D eigenvalue weighted by molar-refractivity contribution is -0.385. The highest BCUT2D eigenvalue weighted by atomic mass is 19.1. The third-order valence-electron chi connectivity index (χ3n) is 2.78. The van der Waals surface area contributed by atoms with Crippen LogP contribution < -0.4 is 4.74 Å². The van der Waals surface area contributed by atoms with Crippen molar-refractivity contribution in [3.8, 4) is 11.5 Å². The van der Waals surface area contributed by atoms with Gasteiger partial charge in [0.25, 0.3) is 0 Å². The second-order valence-electron chi connectivity index (χ2n) is 4.34. The average Bonchev–Trinajstić information content (AvgIpc) is 2.42. The Hall–Kier alpha value is -2.54. The van der Waals surface area contributed by atoms with Gasteiger partial charge < -0.3 is 9.84 Å². The number of halogens is 2. The fourth-order valence-corrected chi connectivity index (χ4v) is 1.70. The van der Waals surface area contributed by atoms with Crippen LogP contribution in [0.25, 0.3) is 0 Å². The van der Waals surface area contributed by atoms with Crippen LogP contribution >= 0.6 is 0 Å². The molecule has 2 aromatic rings. The van der Waals surface area contributed by atoms with Crippen LogP contribution in [0.3, 0.4) is 0 Å². The number of ether oxygens (including phenoxy) is 1. The summed E-state index contributed by atoms with van der Waals surface area (Å²) in [5, 5.41) is 20.2. The number of hydrogen-bond acceptors (Lipinski definition) is 4. The van der Waals surface area contributed by atoms with E-state index in [1.807, 2.05) is 0 Å². The molecule has 1 atom stereocenters. The topological polar surface area (TPSA) is 72.6 Å². The molecule has 2 aromatic carbocycles. The molecule has 7 heteroatoms. The Morgan fingerprint density at radius 1 is 1.19 bits per heavy atom. The quantitative estimate of drug-likeness (QED) is 0.689. The smallest absolute Gasteiger partial charge is 0.314 e. The van der Waals surface area contributed by atoms with E-state index in [-0.39, 0.29) is 11.5 Å². The molecule has 0 aliphatic heterocycles. The van der Waals surface area contributed by atoms with Crippen molar-refractivity contribution in [1.82, 2.24) is 0 Å². The van der Waals surface area contributed by atoms with Gasteiger partial charge in [0.2, 0.25) is 5.75 Å². The normalized spacial score (nSPS) is 12.0. The maximum atomic E-state index is 13.8. The fourth-order valence-electron chi connectivity index (χ4n) is 1.70. The lowest BCUT2D eigenvalue weighted by atomic mass is 10.1. The number of rotatable bonds is 4. The van der Waals surface area contributed by atoms with E-state index in [0.29, 0.717) is 11.6 Å². The first-order valence-electron chi connectivity index (χ1n) is 5.98. The van der Waals surface area contributed by atoms with Crippen LogP contribution in [0, 0.1) is 21.7 Å². The van der Waals surface area contributed by atoms with E-state index < -0.39 is 28.3 Å². The minimum Gasteiger partial charge on any atom is -0.447 e. The third-order valence-corrected chi connectivity index (χ3v) is 2.78. The molecule has 21 heavy (non-hydrogen) atoms. The Kier molecular flexibility index (Phi) is 4.13. The van der Waals surface area contributed by atoms with Crippen molar-refractivity contribution in [1.29, 1.82) is 0 Å². The van der Waals surface area contributed by atoms with Crippen LogP contribution in [0.4, 0.5) is 14.5 Å². The van der Waals surface area contributed by atoms with Crippen LogP contribution in [0.2, 0.25) is 0 Å². The monoisotopic (exact) mass is 295 g/mol. The maximum absolute atomic E-state index is 13.8. The van der Waals surface area contributed by atoms with Crippen LogP contribution in [-0.4, -0.2) is 10.0 Å². The molecular formula is C14H11F2NO4. The Labute approximate surface area is 118 Å². The van der Waals surface area contributed by atoms with Crippen LogP contribution in [0.15, 0.2) is 36.4 Å². The van der Waals surface area contributed by atoms with E-state index in [1.54, 1.807) is 0 Å². The molecule has 0 saturated carbocycles. The summed E-state index contributed by atoms with van der Waals surface area (Å²) >= 11 is 0. The van der Waals surface area contributed by atoms with E-state index in [9.17, 15) is 24.0 Å². The van der Waals surface area contributed by atoms with Gasteiger partial charge >= 0.3 is 5.69 Å². The second-order valence-corrected chi connectivity index (χ2v) is 4.34. The van der Waals surface area contributed by atoms with Crippen molar-refractivity contribution in [2.24, 2.45) is 0 Å². The van der Waals surface area contributed by atoms with E-state index in [0.717, 1.165) is 18.2 Å². The van der Waals surface area contributed by atoms with E-state index >= 15 is 0 Å². The molecule has 2 rings (SSSR count). The van der Waals surface area contributed by atoms with Crippen molar-refractivity contribution >= 4 is 5.69 Å². The SMILES string of the molecule is C[C@@H](O)c1ccc(Oc2ccc(F)cc2[N+](=O)[O-])c(F)c1. The standard InChI is InChI=1S/C14H11F2NO4/c1-8(18)9-2-4-13(11(16)6-9)21-14-5-3-10(15)7-12(14)17(19)20/h2-8,18H,1H3/t8-/m1/s1. The summed E-state index contributed by atoms with van der Waals surface area (Å²) in [6.45, 7) is 1.47. The van der Waals surface area contributed by atoms with Gasteiger partial charge in [-0.15, -0.1) is 0 Å². The zero-order valence-corrected chi connectivity index (χ0v) is 10.9. The molecule has 0 aliphatic carbocycles. The van der Waals surface area contributed by atoms with Gasteiger partial charge in [-0.1, -0.05) is 6.07 Å². The van der Waals surface area contributed by atoms with E-state index in [4.69, 9.17) is 4.74 Å². The predicted octanol–water partition coefficient (Wildman–Crippen LogP) is 3.72. The van der Waals surface area contributed by atoms with Crippen molar-refractivity contribution in [2.45, 2.75) is 13.0 Å². The summed E-state index contributed by atoms with van der Waals surface area (Å²) in [5.74, 6) is -2.11. The predicted molar refractivity (Wildman–Crippen MR) is 70.2 cm³/mol. The van der Waals surface area contributed by atoms with Gasteiger partial charge in [0.05, 0.1) is 17.1 Å². The molecule has 0 amide bonds. The van der Waals surface area contributed by atoms with Crippen molar-refractivity contribution < 1.29 is 23.5 Å². The first kappa shape index (κ1) is 14.9. The molecule has 5 nitrogen and oxygen atoms in total. The Balaban J connectivity index is 2.37. The largest absolute Gasteiger partial charge is 0.447 e. The fraction of sp³-hybridized carbons (Fsp3) is 0.143. The number of aliphatic hydroxyl groups excluding tert-OH is 1. The van der Waals surface area contributed by atoms with E-state index in [2.05, 4.69) is 0 Å². The van der Waals surface area contributed by atoms with Gasteiger partial charge in [-0.2, -0.15) is 0 Å². The number of nitro benzene ring substituents is 1. The van der Waals surface area contributed by atoms with E-state index in [1.165, 1.54) is 19.1 Å². The molecule has 0 aliphatic rings. The van der Waals surface area contributed by atoms with Crippen LogP contribution in [0.5, 0.6) is 11.5 Å². The molecule has 0 radical (unpaired) electrons. The van der Waals surface area contributed by atoms with Gasteiger partial charge in [-0.3, -0.25) is 10.1 Å². The molecule has 0 saturated heterocycles. The summed E-state index contributed by atoms with van der Waals surface area (Å²) in [4.78, 5) is 10.0. The summed E-state index contributed by atoms with van der Waals surface area (Å²) < 4.78 is 32.0. The molecule has 0 spiro atoms. The van der Waals surface area contributed by atoms with Crippen molar-refractivity contribution in [3.05, 3.63) is 63.7 Å². The van der Waals surface area contributed by atoms with Crippen molar-refractivity contribution in [2.75, 3.05) is 0 Å². The van der Waals surface area contributed by atoms with Gasteiger partial charge in [0.1, 0.15) is 5.82 Å². The first-order valence-corrected chi connectivity index (χ1v) is 5.98. The number of aliphatic hydroxyl groups is 1. The molecule has 1 N–H and O–H groups in total. The Morgan fingerprint density at radius 3 is 2.43 bits per heavy atom. The highest BCUT2D eigenvalue weighted by molar-refractivity contribution is 5.49. The minimum atomic E-state index is -0.853. The molecule has 0 aromatic heterocycles. The molecule has 0 bridgehead atoms. The highest BCUT2D eigenvalue weighted by Gasteiger charge is 2.18. The third kappa shape index (κ3) is 3.32. The molecular weight excluding hydrogens is 284 g/mol. The van der Waals surface area contributed by atoms with Gasteiger partial charge in [0, 0.05) is 0 Å².